The van der Waals surface area contributed by atoms with Gasteiger partial charge in [-0.3, -0.25) is 4.48 Å². The Morgan fingerprint density at radius 3 is 2.54 bits per heavy atom. The molecule has 2 heteroatoms. The van der Waals surface area contributed by atoms with Crippen molar-refractivity contribution in [3.8, 4) is 0 Å². The van der Waals surface area contributed by atoms with Gasteiger partial charge < -0.3 is 4.90 Å². The van der Waals surface area contributed by atoms with E-state index in [0.29, 0.717) is 0 Å². The molecule has 124 valence electrons. The maximum absolute atomic E-state index is 2.38. The summed E-state index contributed by atoms with van der Waals surface area (Å²) in [4.78, 5) is 1.64. The van der Waals surface area contributed by atoms with Crippen molar-refractivity contribution in [3.63, 3.8) is 0 Å². The zero-order valence-corrected chi connectivity index (χ0v) is 14.9. The molecule has 2 aliphatic rings. The van der Waals surface area contributed by atoms with E-state index in [2.05, 4.69) is 68.6 Å². The van der Waals surface area contributed by atoms with Crippen molar-refractivity contribution < 1.29 is 4.90 Å². The van der Waals surface area contributed by atoms with E-state index < -0.39 is 0 Å². The maximum atomic E-state index is 2.38. The lowest BCUT2D eigenvalue weighted by atomic mass is 10.0. The minimum absolute atomic E-state index is 1.05. The number of nitrogens with zero attached hydrogens (tertiary/aromatic N) is 1. The predicted molar refractivity (Wildman–Crippen MR) is 102 cm³/mol. The molecule has 0 amide bonds. The molecular formula is C22H28N2+2. The minimum Gasteiger partial charge on any atom is -0.333 e. The van der Waals surface area contributed by atoms with E-state index in [9.17, 15) is 0 Å². The highest BCUT2D eigenvalue weighted by Gasteiger charge is 2.47. The summed E-state index contributed by atoms with van der Waals surface area (Å²) >= 11 is 0. The lowest BCUT2D eigenvalue weighted by molar-refractivity contribution is -0.873. The highest BCUT2D eigenvalue weighted by atomic mass is 15.4. The van der Waals surface area contributed by atoms with Gasteiger partial charge >= 0.3 is 0 Å². The number of rotatable bonds is 4. The molecule has 0 aliphatic carbocycles. The van der Waals surface area contributed by atoms with Gasteiger partial charge in [0.2, 0.25) is 0 Å². The van der Waals surface area contributed by atoms with Gasteiger partial charge in [-0.05, 0) is 12.5 Å². The van der Waals surface area contributed by atoms with Gasteiger partial charge in [0, 0.05) is 11.6 Å². The van der Waals surface area contributed by atoms with Gasteiger partial charge in [-0.25, -0.2) is 0 Å². The monoisotopic (exact) mass is 320 g/mol. The largest absolute Gasteiger partial charge is 0.333 e. The van der Waals surface area contributed by atoms with Gasteiger partial charge in [-0.2, -0.15) is 0 Å². The zero-order chi connectivity index (χ0) is 16.6. The quantitative estimate of drug-likeness (QED) is 0.825. The standard InChI is InChI=1S/C22H27N2/c1-3-15-24(17-18-9-5-4-6-10-18)21-12-8-7-11-19(21)20-16-23(2)14-13-22(20)24/h4-12H,3,13-17H2,1-2H3/q+1/p+1. The summed E-state index contributed by atoms with van der Waals surface area (Å²) in [5.41, 5.74) is 7.80. The van der Waals surface area contributed by atoms with Crippen molar-refractivity contribution in [2.75, 3.05) is 26.7 Å². The Morgan fingerprint density at radius 1 is 1.00 bits per heavy atom. The lowest BCUT2D eigenvalue weighted by Crippen LogP contribution is -3.09. The normalized spacial score (nSPS) is 25.5. The molecule has 2 nitrogen and oxygen atoms in total. The highest BCUT2D eigenvalue weighted by molar-refractivity contribution is 5.86. The third kappa shape index (κ3) is 2.42. The number of quaternary nitrogens is 2. The molecule has 2 heterocycles. The average molecular weight is 320 g/mol. The van der Waals surface area contributed by atoms with Crippen molar-refractivity contribution in [1.29, 1.82) is 0 Å². The Labute approximate surface area is 145 Å². The number of para-hydroxylation sites is 1. The van der Waals surface area contributed by atoms with Crippen LogP contribution in [0, 0.1) is 0 Å². The Kier molecular flexibility index (Phi) is 4.03. The van der Waals surface area contributed by atoms with Crippen LogP contribution in [0.4, 0.5) is 5.69 Å². The van der Waals surface area contributed by atoms with Gasteiger partial charge in [0.05, 0.1) is 37.7 Å². The first-order valence-corrected chi connectivity index (χ1v) is 9.29. The number of fused-ring (bicyclic) bond motifs is 2. The summed E-state index contributed by atoms with van der Waals surface area (Å²) in [5.74, 6) is 0. The summed E-state index contributed by atoms with van der Waals surface area (Å²) in [5, 5.41) is 0. The summed E-state index contributed by atoms with van der Waals surface area (Å²) in [7, 11) is 2.33. The first-order chi connectivity index (χ1) is 11.7. The third-order valence-corrected chi connectivity index (χ3v) is 5.72. The van der Waals surface area contributed by atoms with Crippen LogP contribution >= 0.6 is 0 Å². The Morgan fingerprint density at radius 2 is 1.75 bits per heavy atom. The minimum atomic E-state index is 1.05. The van der Waals surface area contributed by atoms with Crippen molar-refractivity contribution >= 4 is 11.3 Å². The number of hydrogen-bond donors (Lipinski definition) is 1. The molecule has 0 fully saturated rings. The summed E-state index contributed by atoms with van der Waals surface area (Å²) in [6.45, 7) is 7.04. The van der Waals surface area contributed by atoms with E-state index in [1.165, 1.54) is 49.3 Å². The molecule has 4 rings (SSSR count). The van der Waals surface area contributed by atoms with Crippen LogP contribution < -0.4 is 9.38 Å². The van der Waals surface area contributed by atoms with E-state index in [1.54, 1.807) is 16.2 Å². The van der Waals surface area contributed by atoms with Crippen LogP contribution in [-0.2, 0) is 6.54 Å². The molecule has 1 N–H and O–H groups in total. The molecule has 0 spiro atoms. The van der Waals surface area contributed by atoms with Crippen molar-refractivity contribution in [2.24, 2.45) is 0 Å². The second-order valence-electron chi connectivity index (χ2n) is 7.41. The molecule has 24 heavy (non-hydrogen) atoms. The van der Waals surface area contributed by atoms with Crippen LogP contribution in [0.15, 0.2) is 60.3 Å². The molecule has 2 aliphatic heterocycles. The average Bonchev–Trinajstić information content (AvgIpc) is 2.86. The van der Waals surface area contributed by atoms with Gasteiger partial charge in [0.25, 0.3) is 0 Å². The molecular weight excluding hydrogens is 292 g/mol. The summed E-state index contributed by atoms with van der Waals surface area (Å²) < 4.78 is 1.05. The number of benzene rings is 2. The second-order valence-corrected chi connectivity index (χ2v) is 7.41. The SMILES string of the molecule is CCC[N+]1(Cc2ccccc2)C2=C(C[NH+](C)CC2)c2ccccc21. The molecule has 2 atom stereocenters. The summed E-state index contributed by atoms with van der Waals surface area (Å²) in [6, 6.07) is 20.2. The predicted octanol–water partition coefficient (Wildman–Crippen LogP) is 3.25. The van der Waals surface area contributed by atoms with E-state index in [1.807, 2.05) is 0 Å². The first-order valence-electron chi connectivity index (χ1n) is 9.29. The molecule has 2 unspecified atom stereocenters. The Hall–Kier alpha value is -1.90. The molecule has 2 aromatic rings. The Bertz CT molecular complexity index is 763. The molecule has 0 aromatic heterocycles. The van der Waals surface area contributed by atoms with Crippen LogP contribution in [0.1, 0.15) is 30.9 Å². The fourth-order valence-electron chi connectivity index (χ4n) is 4.74. The van der Waals surface area contributed by atoms with Gasteiger partial charge in [-0.15, -0.1) is 0 Å². The van der Waals surface area contributed by atoms with Gasteiger partial charge in [0.15, 0.2) is 0 Å². The van der Waals surface area contributed by atoms with Crippen molar-refractivity contribution in [2.45, 2.75) is 26.3 Å². The third-order valence-electron chi connectivity index (χ3n) is 5.72. The van der Waals surface area contributed by atoms with E-state index in [-0.39, 0.29) is 0 Å². The number of likely N-dealkylation sites (N-methyl/N-ethyl adjacent to an activating group) is 1. The van der Waals surface area contributed by atoms with Gasteiger partial charge in [0.1, 0.15) is 24.5 Å². The van der Waals surface area contributed by atoms with Crippen molar-refractivity contribution in [3.05, 3.63) is 71.4 Å². The summed E-state index contributed by atoms with van der Waals surface area (Å²) in [6.07, 6.45) is 2.43. The van der Waals surface area contributed by atoms with Gasteiger partial charge in [-0.1, -0.05) is 49.4 Å². The van der Waals surface area contributed by atoms with Crippen molar-refractivity contribution in [1.82, 2.24) is 4.48 Å². The number of nitrogens with one attached hydrogen (secondary N) is 1. The van der Waals surface area contributed by atoms with Crippen LogP contribution in [0.5, 0.6) is 0 Å². The molecule has 0 saturated heterocycles. The molecule has 0 radical (unpaired) electrons. The highest BCUT2D eigenvalue weighted by Crippen LogP contribution is 2.48. The van der Waals surface area contributed by atoms with Crippen LogP contribution in [0.25, 0.3) is 5.57 Å². The fourth-order valence-corrected chi connectivity index (χ4v) is 4.74. The van der Waals surface area contributed by atoms with E-state index >= 15 is 0 Å². The fraction of sp³-hybridized carbons (Fsp3) is 0.364. The number of hydrogen-bond acceptors (Lipinski definition) is 0. The Balaban J connectivity index is 1.88. The first kappa shape index (κ1) is 15.6. The van der Waals surface area contributed by atoms with Crippen LogP contribution in [0.2, 0.25) is 0 Å². The van der Waals surface area contributed by atoms with E-state index in [4.69, 9.17) is 0 Å². The smallest absolute Gasteiger partial charge is 0.145 e. The molecule has 0 saturated carbocycles. The van der Waals surface area contributed by atoms with Crippen LogP contribution in [-0.4, -0.2) is 26.7 Å². The van der Waals surface area contributed by atoms with Crippen LogP contribution in [0.3, 0.4) is 0 Å². The zero-order valence-electron chi connectivity index (χ0n) is 14.9. The molecule has 0 bridgehead atoms. The maximum Gasteiger partial charge on any atom is 0.145 e. The van der Waals surface area contributed by atoms with E-state index in [0.717, 1.165) is 11.0 Å². The topological polar surface area (TPSA) is 4.44 Å². The second kappa shape index (κ2) is 6.19. The molecule has 2 aromatic carbocycles. The lowest BCUT2D eigenvalue weighted by Gasteiger charge is -2.38.